The molecule has 6 heteroatoms. The van der Waals surface area contributed by atoms with Crippen molar-refractivity contribution in [2.75, 3.05) is 5.73 Å². The first-order valence-corrected chi connectivity index (χ1v) is 7.31. The molecule has 0 spiro atoms. The highest BCUT2D eigenvalue weighted by atomic mass is 35.5. The molecule has 1 aromatic carbocycles. The van der Waals surface area contributed by atoms with Crippen LogP contribution in [0.4, 0.5) is 5.82 Å². The second-order valence-electron chi connectivity index (χ2n) is 3.89. The Hall–Kier alpha value is -1.59. The van der Waals surface area contributed by atoms with Gasteiger partial charge in [-0.15, -0.1) is 12.6 Å². The summed E-state index contributed by atoms with van der Waals surface area (Å²) in [5.41, 5.74) is 7.41. The molecule has 4 nitrogen and oxygen atoms in total. The van der Waals surface area contributed by atoms with Crippen LogP contribution in [-0.4, -0.2) is 15.7 Å². The average molecular weight is 325 g/mol. The van der Waals surface area contributed by atoms with Crippen LogP contribution in [0.15, 0.2) is 35.5 Å². The first-order chi connectivity index (χ1) is 9.91. The van der Waals surface area contributed by atoms with Crippen molar-refractivity contribution >= 4 is 35.8 Å². The van der Waals surface area contributed by atoms with Gasteiger partial charge >= 0.3 is 0 Å². The molecular formula is C15H21ClN4S. The number of nitrogens with two attached hydrogens (primary N) is 1. The number of halogens is 1. The molecule has 0 aliphatic carbocycles. The van der Waals surface area contributed by atoms with Crippen molar-refractivity contribution in [2.24, 2.45) is 0 Å². The van der Waals surface area contributed by atoms with E-state index in [9.17, 15) is 0 Å². The van der Waals surface area contributed by atoms with Gasteiger partial charge in [-0.1, -0.05) is 43.1 Å². The highest BCUT2D eigenvalue weighted by Gasteiger charge is 2.07. The van der Waals surface area contributed by atoms with Gasteiger partial charge in [-0.25, -0.2) is 9.97 Å². The summed E-state index contributed by atoms with van der Waals surface area (Å²) < 4.78 is 0. The summed E-state index contributed by atoms with van der Waals surface area (Å²) in [6.45, 7) is 7.65. The number of nitrogen functional groups attached to an aromatic ring is 1. The fourth-order valence-electron chi connectivity index (χ4n) is 1.27. The molecule has 0 bridgehead atoms. The van der Waals surface area contributed by atoms with Crippen LogP contribution >= 0.6 is 24.2 Å². The standard InChI is InChI=1S/C7H8S.C6H7ClN4.C2H6/c1-6-2-4-7(8)5-3-6;1-3(8)4-5(7)10-2-11-6(4)9;1-2/h2-5,8H,1H3;2,8H,1H3,(H2,9,10,11);1-2H3. The minimum absolute atomic E-state index is 0.227. The molecule has 0 radical (unpaired) electrons. The van der Waals surface area contributed by atoms with Crippen LogP contribution in [0.1, 0.15) is 31.9 Å². The van der Waals surface area contributed by atoms with Crippen molar-refractivity contribution in [1.29, 1.82) is 5.41 Å². The number of hydrogen-bond donors (Lipinski definition) is 3. The maximum atomic E-state index is 7.27. The second kappa shape index (κ2) is 10.2. The van der Waals surface area contributed by atoms with Gasteiger partial charge < -0.3 is 11.1 Å². The molecule has 0 amide bonds. The smallest absolute Gasteiger partial charge is 0.143 e. The number of nitrogens with zero attached hydrogens (tertiary/aromatic N) is 2. The van der Waals surface area contributed by atoms with Crippen LogP contribution in [0.3, 0.4) is 0 Å². The van der Waals surface area contributed by atoms with E-state index in [-0.39, 0.29) is 16.7 Å². The van der Waals surface area contributed by atoms with Crippen LogP contribution in [0.5, 0.6) is 0 Å². The third-order valence-electron chi connectivity index (χ3n) is 2.24. The summed E-state index contributed by atoms with van der Waals surface area (Å²) in [6, 6.07) is 8.06. The molecule has 0 fully saturated rings. The first kappa shape index (κ1) is 19.4. The predicted molar refractivity (Wildman–Crippen MR) is 93.7 cm³/mol. The van der Waals surface area contributed by atoms with E-state index in [2.05, 4.69) is 29.5 Å². The summed E-state index contributed by atoms with van der Waals surface area (Å²) in [5.74, 6) is 0.248. The van der Waals surface area contributed by atoms with Crippen LogP contribution in [0.25, 0.3) is 0 Å². The number of benzene rings is 1. The van der Waals surface area contributed by atoms with Crippen molar-refractivity contribution < 1.29 is 0 Å². The van der Waals surface area contributed by atoms with Gasteiger partial charge in [0.05, 0.1) is 5.56 Å². The van der Waals surface area contributed by atoms with Gasteiger partial charge in [0.15, 0.2) is 0 Å². The lowest BCUT2D eigenvalue weighted by Gasteiger charge is -2.02. The molecule has 3 N–H and O–H groups in total. The Bertz CT molecular complexity index is 529. The molecule has 114 valence electrons. The molecule has 0 unspecified atom stereocenters. The topological polar surface area (TPSA) is 75.7 Å². The SMILES string of the molecule is CC.CC(=N)c1c(N)ncnc1Cl.Cc1ccc(S)cc1. The number of aromatic nitrogens is 2. The normalized spacial score (nSPS) is 8.86. The molecular weight excluding hydrogens is 304 g/mol. The van der Waals surface area contributed by atoms with Gasteiger partial charge in [-0.3, -0.25) is 0 Å². The van der Waals surface area contributed by atoms with Crippen molar-refractivity contribution in [3.63, 3.8) is 0 Å². The van der Waals surface area contributed by atoms with Gasteiger partial charge in [0.25, 0.3) is 0 Å². The highest BCUT2D eigenvalue weighted by Crippen LogP contribution is 2.16. The zero-order valence-electron chi connectivity index (χ0n) is 12.7. The van der Waals surface area contributed by atoms with E-state index in [1.54, 1.807) is 6.92 Å². The Morgan fingerprint density at radius 2 is 1.71 bits per heavy atom. The van der Waals surface area contributed by atoms with E-state index in [1.165, 1.54) is 11.9 Å². The van der Waals surface area contributed by atoms with Crippen molar-refractivity contribution in [3.05, 3.63) is 46.9 Å². The lowest BCUT2D eigenvalue weighted by atomic mass is 10.2. The fraction of sp³-hybridized carbons (Fsp3) is 0.267. The molecule has 0 atom stereocenters. The van der Waals surface area contributed by atoms with Gasteiger partial charge in [-0.2, -0.15) is 0 Å². The minimum atomic E-state index is 0.227. The van der Waals surface area contributed by atoms with Gasteiger partial charge in [-0.05, 0) is 26.0 Å². The molecule has 0 saturated carbocycles. The van der Waals surface area contributed by atoms with Gasteiger partial charge in [0, 0.05) is 10.6 Å². The Labute approximate surface area is 136 Å². The molecule has 21 heavy (non-hydrogen) atoms. The molecule has 2 aromatic rings. The zero-order valence-corrected chi connectivity index (χ0v) is 14.3. The van der Waals surface area contributed by atoms with Crippen LogP contribution < -0.4 is 5.73 Å². The molecule has 2 rings (SSSR count). The van der Waals surface area contributed by atoms with E-state index in [4.69, 9.17) is 22.7 Å². The second-order valence-corrected chi connectivity index (χ2v) is 4.76. The maximum Gasteiger partial charge on any atom is 0.143 e. The van der Waals surface area contributed by atoms with E-state index < -0.39 is 0 Å². The average Bonchev–Trinajstić information content (AvgIpc) is 2.44. The number of nitrogens with one attached hydrogen (secondary N) is 1. The van der Waals surface area contributed by atoms with E-state index in [0.717, 1.165) is 4.90 Å². The number of hydrogen-bond acceptors (Lipinski definition) is 5. The minimum Gasteiger partial charge on any atom is -0.383 e. The Balaban J connectivity index is 0.000000354. The zero-order chi connectivity index (χ0) is 16.4. The van der Waals surface area contributed by atoms with Crippen LogP contribution in [0, 0.1) is 12.3 Å². The molecule has 1 aromatic heterocycles. The van der Waals surface area contributed by atoms with Crippen molar-refractivity contribution in [1.82, 2.24) is 9.97 Å². The third-order valence-corrected chi connectivity index (χ3v) is 2.82. The summed E-state index contributed by atoms with van der Waals surface area (Å²) in [4.78, 5) is 8.42. The molecule has 0 aliphatic heterocycles. The first-order valence-electron chi connectivity index (χ1n) is 6.49. The molecule has 1 heterocycles. The Morgan fingerprint density at radius 3 is 2.05 bits per heavy atom. The lowest BCUT2D eigenvalue weighted by Crippen LogP contribution is -2.04. The fourth-order valence-corrected chi connectivity index (χ4v) is 1.70. The number of anilines is 1. The van der Waals surface area contributed by atoms with Crippen molar-refractivity contribution in [2.45, 2.75) is 32.6 Å². The lowest BCUT2D eigenvalue weighted by molar-refractivity contribution is 1.16. The van der Waals surface area contributed by atoms with E-state index in [0.29, 0.717) is 5.56 Å². The van der Waals surface area contributed by atoms with E-state index >= 15 is 0 Å². The predicted octanol–water partition coefficient (Wildman–Crippen LogP) is 4.41. The number of rotatable bonds is 1. The molecule has 0 aliphatic rings. The van der Waals surface area contributed by atoms with Crippen LogP contribution in [-0.2, 0) is 0 Å². The number of aryl methyl sites for hydroxylation is 1. The highest BCUT2D eigenvalue weighted by molar-refractivity contribution is 7.80. The molecule has 0 saturated heterocycles. The maximum absolute atomic E-state index is 7.27. The number of thiol groups is 1. The quantitative estimate of drug-likeness (QED) is 0.413. The van der Waals surface area contributed by atoms with Crippen LogP contribution in [0.2, 0.25) is 5.15 Å². The van der Waals surface area contributed by atoms with Gasteiger partial charge in [0.2, 0.25) is 0 Å². The summed E-state index contributed by atoms with van der Waals surface area (Å²) in [7, 11) is 0. The Kier molecular flexibility index (Phi) is 9.41. The van der Waals surface area contributed by atoms with E-state index in [1.807, 2.05) is 38.1 Å². The largest absolute Gasteiger partial charge is 0.383 e. The summed E-state index contributed by atoms with van der Waals surface area (Å²) in [5, 5.41) is 7.50. The Morgan fingerprint density at radius 1 is 1.19 bits per heavy atom. The third kappa shape index (κ3) is 7.11. The summed E-state index contributed by atoms with van der Waals surface area (Å²) >= 11 is 9.78. The van der Waals surface area contributed by atoms with Gasteiger partial charge in [0.1, 0.15) is 17.3 Å². The monoisotopic (exact) mass is 324 g/mol. The van der Waals surface area contributed by atoms with Crippen molar-refractivity contribution in [3.8, 4) is 0 Å². The summed E-state index contributed by atoms with van der Waals surface area (Å²) in [6.07, 6.45) is 1.27.